The summed E-state index contributed by atoms with van der Waals surface area (Å²) >= 11 is 3.00. The van der Waals surface area contributed by atoms with Gasteiger partial charge in [-0.2, -0.15) is 4.98 Å². The predicted molar refractivity (Wildman–Crippen MR) is 87.9 cm³/mol. The fourth-order valence-electron chi connectivity index (χ4n) is 1.72. The molecule has 3 aromatic rings. The Bertz CT molecular complexity index is 759. The van der Waals surface area contributed by atoms with Gasteiger partial charge in [0.05, 0.1) is 5.75 Å². The molecule has 3 rings (SSSR count). The van der Waals surface area contributed by atoms with Crippen molar-refractivity contribution in [1.82, 2.24) is 20.3 Å². The minimum atomic E-state index is -0.298. The van der Waals surface area contributed by atoms with E-state index in [1.165, 1.54) is 35.2 Å². The molecule has 0 aliphatic carbocycles. The van der Waals surface area contributed by atoms with Gasteiger partial charge in [-0.25, -0.2) is 4.39 Å². The topological polar surface area (TPSA) is 76.7 Å². The van der Waals surface area contributed by atoms with E-state index in [4.69, 9.17) is 4.52 Å². The van der Waals surface area contributed by atoms with Crippen LogP contribution in [0.3, 0.4) is 0 Å². The van der Waals surface area contributed by atoms with E-state index in [9.17, 15) is 4.39 Å². The summed E-state index contributed by atoms with van der Waals surface area (Å²) in [5, 5.41) is 16.1. The van der Waals surface area contributed by atoms with E-state index in [1.54, 1.807) is 12.1 Å². The number of hydrogen-bond donors (Lipinski definition) is 1. The van der Waals surface area contributed by atoms with Crippen molar-refractivity contribution in [3.63, 3.8) is 0 Å². The van der Waals surface area contributed by atoms with Crippen LogP contribution < -0.4 is 5.32 Å². The lowest BCUT2D eigenvalue weighted by molar-refractivity contribution is 0.425. The van der Waals surface area contributed by atoms with Crippen molar-refractivity contribution in [3.05, 3.63) is 35.9 Å². The van der Waals surface area contributed by atoms with E-state index >= 15 is 0 Å². The number of halogens is 1. The fraction of sp³-hybridized carbons (Fsp3) is 0.286. The Morgan fingerprint density at radius 1 is 1.26 bits per heavy atom. The molecule has 1 aromatic carbocycles. The van der Waals surface area contributed by atoms with Gasteiger partial charge in [-0.15, -0.1) is 10.2 Å². The fourth-order valence-corrected chi connectivity index (χ4v) is 3.34. The molecule has 23 heavy (non-hydrogen) atoms. The maximum atomic E-state index is 12.9. The molecule has 0 aliphatic heterocycles. The first-order valence-corrected chi connectivity index (χ1v) is 8.83. The predicted octanol–water partition coefficient (Wildman–Crippen LogP) is 3.84. The Morgan fingerprint density at radius 2 is 2.09 bits per heavy atom. The summed E-state index contributed by atoms with van der Waals surface area (Å²) in [5.41, 5.74) is 0.692. The third kappa shape index (κ3) is 4.26. The van der Waals surface area contributed by atoms with E-state index in [-0.39, 0.29) is 5.82 Å². The van der Waals surface area contributed by atoms with Crippen LogP contribution in [-0.2, 0) is 5.75 Å². The number of benzene rings is 1. The van der Waals surface area contributed by atoms with Crippen LogP contribution in [0.25, 0.3) is 11.5 Å². The van der Waals surface area contributed by atoms with Crippen LogP contribution in [0.2, 0.25) is 0 Å². The minimum Gasteiger partial charge on any atom is -0.360 e. The molecule has 9 heteroatoms. The lowest BCUT2D eigenvalue weighted by Crippen LogP contribution is -1.98. The van der Waals surface area contributed by atoms with E-state index in [2.05, 4.69) is 32.6 Å². The summed E-state index contributed by atoms with van der Waals surface area (Å²) in [7, 11) is 0. The van der Waals surface area contributed by atoms with Crippen molar-refractivity contribution >= 4 is 28.2 Å². The Morgan fingerprint density at radius 3 is 2.87 bits per heavy atom. The molecule has 6 nitrogen and oxygen atoms in total. The number of thioether (sulfide) groups is 1. The Labute approximate surface area is 140 Å². The molecule has 0 saturated carbocycles. The van der Waals surface area contributed by atoms with Crippen LogP contribution >= 0.6 is 23.1 Å². The van der Waals surface area contributed by atoms with Crippen LogP contribution in [-0.4, -0.2) is 26.9 Å². The van der Waals surface area contributed by atoms with Gasteiger partial charge in [0, 0.05) is 12.1 Å². The SMILES string of the molecule is CCCNc1nnc(SCc2noc(-c3ccc(F)cc3)n2)s1. The quantitative estimate of drug-likeness (QED) is 0.648. The highest BCUT2D eigenvalue weighted by molar-refractivity contribution is 8.00. The molecule has 2 aromatic heterocycles. The van der Waals surface area contributed by atoms with Gasteiger partial charge in [-0.1, -0.05) is 35.2 Å². The molecule has 2 heterocycles. The zero-order chi connectivity index (χ0) is 16.1. The summed E-state index contributed by atoms with van der Waals surface area (Å²) in [4.78, 5) is 4.30. The molecule has 120 valence electrons. The van der Waals surface area contributed by atoms with Gasteiger partial charge in [-0.3, -0.25) is 0 Å². The molecule has 0 amide bonds. The van der Waals surface area contributed by atoms with Crippen LogP contribution in [0, 0.1) is 5.82 Å². The van der Waals surface area contributed by atoms with Crippen molar-refractivity contribution in [2.45, 2.75) is 23.4 Å². The first-order chi connectivity index (χ1) is 11.2. The van der Waals surface area contributed by atoms with E-state index < -0.39 is 0 Å². The van der Waals surface area contributed by atoms with Gasteiger partial charge in [0.25, 0.3) is 5.89 Å². The molecule has 0 radical (unpaired) electrons. The lowest BCUT2D eigenvalue weighted by Gasteiger charge is -1.95. The Kier molecular flexibility index (Phi) is 5.19. The number of nitrogens with zero attached hydrogens (tertiary/aromatic N) is 4. The number of anilines is 1. The van der Waals surface area contributed by atoms with E-state index in [0.717, 1.165) is 22.4 Å². The number of aromatic nitrogens is 4. The normalized spacial score (nSPS) is 10.9. The molecule has 0 aliphatic rings. The number of nitrogens with one attached hydrogen (secondary N) is 1. The Hall–Kier alpha value is -2.00. The summed E-state index contributed by atoms with van der Waals surface area (Å²) < 4.78 is 18.9. The van der Waals surface area contributed by atoms with Gasteiger partial charge in [0.2, 0.25) is 5.13 Å². The molecule has 1 N–H and O–H groups in total. The van der Waals surface area contributed by atoms with Gasteiger partial charge in [-0.05, 0) is 30.7 Å². The average Bonchev–Trinajstić information content (AvgIpc) is 3.21. The third-order valence-corrected chi connectivity index (χ3v) is 4.83. The van der Waals surface area contributed by atoms with Crippen LogP contribution in [0.4, 0.5) is 9.52 Å². The summed E-state index contributed by atoms with van der Waals surface area (Å²) in [5.74, 6) is 1.18. The zero-order valence-corrected chi connectivity index (χ0v) is 14.0. The summed E-state index contributed by atoms with van der Waals surface area (Å²) in [6.45, 7) is 2.98. The first-order valence-electron chi connectivity index (χ1n) is 7.03. The molecule has 0 spiro atoms. The lowest BCUT2D eigenvalue weighted by atomic mass is 10.2. The zero-order valence-electron chi connectivity index (χ0n) is 12.3. The third-order valence-electron chi connectivity index (χ3n) is 2.82. The maximum Gasteiger partial charge on any atom is 0.257 e. The molecule has 0 fully saturated rings. The smallest absolute Gasteiger partial charge is 0.257 e. The van der Waals surface area contributed by atoms with Gasteiger partial charge < -0.3 is 9.84 Å². The number of rotatable bonds is 7. The van der Waals surface area contributed by atoms with Gasteiger partial charge in [0.1, 0.15) is 5.82 Å². The standard InChI is InChI=1S/C14H14FN5OS2/c1-2-7-16-13-18-19-14(23-13)22-8-11-17-12(21-20-11)9-3-5-10(15)6-4-9/h3-6H,2,7-8H2,1H3,(H,16,18). The van der Waals surface area contributed by atoms with Crippen molar-refractivity contribution < 1.29 is 8.91 Å². The second kappa shape index (κ2) is 7.51. The van der Waals surface area contributed by atoms with Crippen molar-refractivity contribution in [1.29, 1.82) is 0 Å². The monoisotopic (exact) mass is 351 g/mol. The van der Waals surface area contributed by atoms with E-state index in [1.807, 2.05) is 0 Å². The summed E-state index contributed by atoms with van der Waals surface area (Å²) in [6, 6.07) is 5.94. The van der Waals surface area contributed by atoms with Crippen molar-refractivity contribution in [2.24, 2.45) is 0 Å². The average molecular weight is 351 g/mol. The highest BCUT2D eigenvalue weighted by atomic mass is 32.2. The van der Waals surface area contributed by atoms with Crippen molar-refractivity contribution in [3.8, 4) is 11.5 Å². The molecule has 0 unspecified atom stereocenters. The second-order valence-electron chi connectivity index (χ2n) is 4.61. The highest BCUT2D eigenvalue weighted by Crippen LogP contribution is 2.28. The summed E-state index contributed by atoms with van der Waals surface area (Å²) in [6.07, 6.45) is 1.04. The van der Waals surface area contributed by atoms with E-state index in [0.29, 0.717) is 23.0 Å². The molecular formula is C14H14FN5OS2. The molecule has 0 saturated heterocycles. The van der Waals surface area contributed by atoms with Crippen LogP contribution in [0.15, 0.2) is 33.1 Å². The van der Waals surface area contributed by atoms with Crippen LogP contribution in [0.5, 0.6) is 0 Å². The highest BCUT2D eigenvalue weighted by Gasteiger charge is 2.11. The minimum absolute atomic E-state index is 0.298. The second-order valence-corrected chi connectivity index (χ2v) is 6.81. The van der Waals surface area contributed by atoms with Crippen molar-refractivity contribution in [2.75, 3.05) is 11.9 Å². The van der Waals surface area contributed by atoms with Crippen LogP contribution in [0.1, 0.15) is 19.2 Å². The molecular weight excluding hydrogens is 337 g/mol. The Balaban J connectivity index is 1.58. The van der Waals surface area contributed by atoms with Gasteiger partial charge >= 0.3 is 0 Å². The van der Waals surface area contributed by atoms with Gasteiger partial charge in [0.15, 0.2) is 10.2 Å². The molecule has 0 bridgehead atoms. The number of hydrogen-bond acceptors (Lipinski definition) is 8. The largest absolute Gasteiger partial charge is 0.360 e. The maximum absolute atomic E-state index is 12.9. The first kappa shape index (κ1) is 15.9. The molecule has 0 atom stereocenters.